The van der Waals surface area contributed by atoms with E-state index in [0.717, 1.165) is 0 Å². The highest BCUT2D eigenvalue weighted by molar-refractivity contribution is 6.18. The van der Waals surface area contributed by atoms with E-state index in [1.165, 1.54) is 12.2 Å². The minimum absolute atomic E-state index is 0.128. The van der Waals surface area contributed by atoms with E-state index in [1.54, 1.807) is 6.92 Å². The first kappa shape index (κ1) is 9.64. The number of carbonyl (C=O) groups excluding carboxylic acids is 3. The van der Waals surface area contributed by atoms with Crippen molar-refractivity contribution < 1.29 is 19.1 Å². The fraction of sp³-hybridized carbons (Fsp3) is 0.444. The molecule has 0 amide bonds. The Bertz CT molecular complexity index is 259. The maximum Gasteiger partial charge on any atom is 0.305 e. The van der Waals surface area contributed by atoms with Gasteiger partial charge in [-0.3, -0.25) is 14.4 Å². The lowest BCUT2D eigenvalue weighted by molar-refractivity contribution is -0.146. The molecule has 0 N–H and O–H groups in total. The molecule has 4 heteroatoms. The van der Waals surface area contributed by atoms with Crippen LogP contribution < -0.4 is 0 Å². The zero-order valence-electron chi connectivity index (χ0n) is 7.28. The van der Waals surface area contributed by atoms with Crippen molar-refractivity contribution in [2.24, 2.45) is 5.92 Å². The van der Waals surface area contributed by atoms with Gasteiger partial charge >= 0.3 is 5.97 Å². The SMILES string of the molecule is CCC(=O)OCC1C(=O)C=CC1=O. The first-order chi connectivity index (χ1) is 6.15. The molecular formula is C9H10O4. The third-order valence-corrected chi connectivity index (χ3v) is 1.80. The summed E-state index contributed by atoms with van der Waals surface area (Å²) in [5.74, 6) is -1.76. The molecule has 1 aliphatic rings. The van der Waals surface area contributed by atoms with Crippen LogP contribution in [0.2, 0.25) is 0 Å². The summed E-state index contributed by atoms with van der Waals surface area (Å²) >= 11 is 0. The summed E-state index contributed by atoms with van der Waals surface area (Å²) < 4.78 is 4.70. The van der Waals surface area contributed by atoms with Crippen LogP contribution in [0.5, 0.6) is 0 Å². The van der Waals surface area contributed by atoms with Gasteiger partial charge in [-0.1, -0.05) is 6.92 Å². The molecule has 4 nitrogen and oxygen atoms in total. The van der Waals surface area contributed by atoms with Crippen molar-refractivity contribution in [3.05, 3.63) is 12.2 Å². The number of allylic oxidation sites excluding steroid dienone is 2. The van der Waals surface area contributed by atoms with Crippen LogP contribution in [0, 0.1) is 5.92 Å². The molecule has 70 valence electrons. The molecule has 0 saturated heterocycles. The molecule has 0 aliphatic heterocycles. The third kappa shape index (κ3) is 2.24. The Hall–Kier alpha value is -1.45. The molecule has 13 heavy (non-hydrogen) atoms. The van der Waals surface area contributed by atoms with Gasteiger partial charge in [-0.25, -0.2) is 0 Å². The van der Waals surface area contributed by atoms with E-state index in [-0.39, 0.29) is 24.6 Å². The molecule has 0 aromatic carbocycles. The van der Waals surface area contributed by atoms with Crippen LogP contribution in [-0.4, -0.2) is 24.1 Å². The highest BCUT2D eigenvalue weighted by Gasteiger charge is 2.29. The third-order valence-electron chi connectivity index (χ3n) is 1.80. The number of rotatable bonds is 3. The number of carbonyl (C=O) groups is 3. The summed E-state index contributed by atoms with van der Waals surface area (Å²) in [6, 6.07) is 0. The van der Waals surface area contributed by atoms with Crippen molar-refractivity contribution in [2.75, 3.05) is 6.61 Å². The van der Waals surface area contributed by atoms with Crippen molar-refractivity contribution in [3.8, 4) is 0 Å². The predicted octanol–water partition coefficient (Wildman–Crippen LogP) is 0.264. The van der Waals surface area contributed by atoms with Gasteiger partial charge < -0.3 is 4.74 Å². The molecule has 0 unspecified atom stereocenters. The first-order valence-electron chi connectivity index (χ1n) is 4.06. The second kappa shape index (κ2) is 3.98. The Morgan fingerprint density at radius 2 is 1.92 bits per heavy atom. The quantitative estimate of drug-likeness (QED) is 0.464. The lowest BCUT2D eigenvalue weighted by atomic mass is 10.1. The minimum atomic E-state index is -0.796. The highest BCUT2D eigenvalue weighted by atomic mass is 16.5. The maximum absolute atomic E-state index is 11.0. The molecule has 0 bridgehead atoms. The number of hydrogen-bond acceptors (Lipinski definition) is 4. The molecule has 0 radical (unpaired) electrons. The van der Waals surface area contributed by atoms with Crippen molar-refractivity contribution in [3.63, 3.8) is 0 Å². The number of esters is 1. The van der Waals surface area contributed by atoms with Crippen molar-refractivity contribution in [1.29, 1.82) is 0 Å². The monoisotopic (exact) mass is 182 g/mol. The molecule has 0 atom stereocenters. The molecule has 1 aliphatic carbocycles. The average molecular weight is 182 g/mol. The fourth-order valence-electron chi connectivity index (χ4n) is 0.979. The van der Waals surface area contributed by atoms with Crippen LogP contribution in [0.15, 0.2) is 12.2 Å². The van der Waals surface area contributed by atoms with Crippen molar-refractivity contribution >= 4 is 17.5 Å². The summed E-state index contributed by atoms with van der Waals surface area (Å²) in [4.78, 5) is 32.7. The van der Waals surface area contributed by atoms with E-state index in [2.05, 4.69) is 0 Å². The summed E-state index contributed by atoms with van der Waals surface area (Å²) in [5, 5.41) is 0. The average Bonchev–Trinajstić information content (AvgIpc) is 2.43. The molecule has 0 saturated carbocycles. The second-order valence-corrected chi connectivity index (χ2v) is 2.73. The normalized spacial score (nSPS) is 16.7. The van der Waals surface area contributed by atoms with Crippen LogP contribution in [0.1, 0.15) is 13.3 Å². The van der Waals surface area contributed by atoms with Crippen molar-refractivity contribution in [2.45, 2.75) is 13.3 Å². The Kier molecular flexibility index (Phi) is 2.95. The van der Waals surface area contributed by atoms with E-state index in [1.807, 2.05) is 0 Å². The highest BCUT2D eigenvalue weighted by Crippen LogP contribution is 2.11. The standard InChI is InChI=1S/C9H10O4/c1-2-9(12)13-5-6-7(10)3-4-8(6)11/h3-4,6H,2,5H2,1H3. The zero-order chi connectivity index (χ0) is 9.84. The second-order valence-electron chi connectivity index (χ2n) is 2.73. The van der Waals surface area contributed by atoms with E-state index < -0.39 is 11.9 Å². The number of hydrogen-bond donors (Lipinski definition) is 0. The summed E-state index contributed by atoms with van der Waals surface area (Å²) in [5.41, 5.74) is 0. The molecule has 0 heterocycles. The van der Waals surface area contributed by atoms with Gasteiger partial charge in [0, 0.05) is 6.42 Å². The van der Waals surface area contributed by atoms with E-state index in [4.69, 9.17) is 4.74 Å². The fourth-order valence-corrected chi connectivity index (χ4v) is 0.979. The topological polar surface area (TPSA) is 60.4 Å². The van der Waals surface area contributed by atoms with Crippen LogP contribution in [0.3, 0.4) is 0 Å². The smallest absolute Gasteiger partial charge is 0.305 e. The lowest BCUT2D eigenvalue weighted by Gasteiger charge is -2.06. The molecule has 0 aromatic rings. The maximum atomic E-state index is 11.0. The van der Waals surface area contributed by atoms with Crippen molar-refractivity contribution in [1.82, 2.24) is 0 Å². The zero-order valence-corrected chi connectivity index (χ0v) is 7.28. The van der Waals surface area contributed by atoms with Crippen LogP contribution in [-0.2, 0) is 19.1 Å². The molecule has 0 fully saturated rings. The Balaban J connectivity index is 2.42. The van der Waals surface area contributed by atoms with Crippen LogP contribution >= 0.6 is 0 Å². The van der Waals surface area contributed by atoms with E-state index >= 15 is 0 Å². The molecule has 0 spiro atoms. The van der Waals surface area contributed by atoms with Gasteiger partial charge in [0.15, 0.2) is 11.6 Å². The summed E-state index contributed by atoms with van der Waals surface area (Å²) in [6.45, 7) is 1.52. The first-order valence-corrected chi connectivity index (χ1v) is 4.06. The van der Waals surface area contributed by atoms with Gasteiger partial charge in [-0.2, -0.15) is 0 Å². The van der Waals surface area contributed by atoms with Gasteiger partial charge in [0.1, 0.15) is 12.5 Å². The van der Waals surface area contributed by atoms with Crippen LogP contribution in [0.25, 0.3) is 0 Å². The Morgan fingerprint density at radius 3 is 2.38 bits per heavy atom. The van der Waals surface area contributed by atoms with Gasteiger partial charge in [-0.15, -0.1) is 0 Å². The van der Waals surface area contributed by atoms with Gasteiger partial charge in [0.25, 0.3) is 0 Å². The molecule has 1 rings (SSSR count). The largest absolute Gasteiger partial charge is 0.464 e. The Morgan fingerprint density at radius 1 is 1.38 bits per heavy atom. The van der Waals surface area contributed by atoms with Gasteiger partial charge in [0.05, 0.1) is 0 Å². The molecular weight excluding hydrogens is 172 g/mol. The number of ketones is 2. The van der Waals surface area contributed by atoms with Crippen LogP contribution in [0.4, 0.5) is 0 Å². The Labute approximate surface area is 75.6 Å². The van der Waals surface area contributed by atoms with E-state index in [9.17, 15) is 14.4 Å². The number of ether oxygens (including phenoxy) is 1. The van der Waals surface area contributed by atoms with Gasteiger partial charge in [-0.05, 0) is 12.2 Å². The minimum Gasteiger partial charge on any atom is -0.464 e. The van der Waals surface area contributed by atoms with Gasteiger partial charge in [0.2, 0.25) is 0 Å². The summed E-state index contributed by atoms with van der Waals surface area (Å²) in [7, 11) is 0. The predicted molar refractivity (Wildman–Crippen MR) is 43.9 cm³/mol. The van der Waals surface area contributed by atoms with E-state index in [0.29, 0.717) is 0 Å². The molecule has 0 aromatic heterocycles. The lowest BCUT2D eigenvalue weighted by Crippen LogP contribution is -2.23. The summed E-state index contributed by atoms with van der Waals surface area (Å²) in [6.07, 6.45) is 2.68.